The highest BCUT2D eigenvalue weighted by Gasteiger charge is 2.22. The Morgan fingerprint density at radius 1 is 0.947 bits per heavy atom. The van der Waals surface area contributed by atoms with Gasteiger partial charge in [-0.15, -0.1) is 0 Å². The first-order valence-corrected chi connectivity index (χ1v) is 13.6. The zero-order valence-corrected chi connectivity index (χ0v) is 23.0. The number of nitrogens with one attached hydrogen (secondary N) is 2. The van der Waals surface area contributed by atoms with Crippen LogP contribution in [0.2, 0.25) is 0 Å². The van der Waals surface area contributed by atoms with Gasteiger partial charge in [-0.25, -0.2) is 8.42 Å². The third-order valence-corrected chi connectivity index (χ3v) is 7.34. The Kier molecular flexibility index (Phi) is 10.3. The Morgan fingerprint density at radius 3 is 2.39 bits per heavy atom. The molecule has 3 rings (SSSR count). The van der Waals surface area contributed by atoms with Crippen molar-refractivity contribution in [1.29, 1.82) is 0 Å². The molecule has 0 saturated carbocycles. The fraction of sp³-hybridized carbons (Fsp3) is 0.214. The molecule has 10 heteroatoms. The van der Waals surface area contributed by atoms with E-state index in [0.717, 1.165) is 11.1 Å². The molecular formula is C28H30N2O6S2. The third-order valence-electron chi connectivity index (χ3n) is 5.54. The maximum Gasteiger partial charge on any atom is 0.267 e. The van der Waals surface area contributed by atoms with Crippen LogP contribution in [0.25, 0.3) is 6.08 Å². The molecule has 0 heterocycles. The van der Waals surface area contributed by atoms with Crippen molar-refractivity contribution in [1.82, 2.24) is 10.0 Å². The van der Waals surface area contributed by atoms with Gasteiger partial charge in [-0.3, -0.25) is 9.52 Å². The quantitative estimate of drug-likeness (QED) is 0.253. The summed E-state index contributed by atoms with van der Waals surface area (Å²) < 4.78 is 44.9. The van der Waals surface area contributed by atoms with Crippen LogP contribution >= 0.6 is 12.2 Å². The van der Waals surface area contributed by atoms with Gasteiger partial charge in [0.1, 0.15) is 28.8 Å². The van der Waals surface area contributed by atoms with Gasteiger partial charge < -0.3 is 19.5 Å². The number of ether oxygens (including phenoxy) is 3. The molecule has 0 unspecified atom stereocenters. The first kappa shape index (κ1) is 28.7. The summed E-state index contributed by atoms with van der Waals surface area (Å²) in [6.45, 7) is 0.192. The highest BCUT2D eigenvalue weighted by molar-refractivity contribution is 7.92. The first-order valence-electron chi connectivity index (χ1n) is 11.7. The lowest BCUT2D eigenvalue weighted by Crippen LogP contribution is -2.37. The van der Waals surface area contributed by atoms with Crippen molar-refractivity contribution in [2.24, 2.45) is 0 Å². The Hall–Kier alpha value is -3.89. The van der Waals surface area contributed by atoms with Gasteiger partial charge in [-0.1, -0.05) is 36.4 Å². The second-order valence-corrected chi connectivity index (χ2v) is 10.2. The van der Waals surface area contributed by atoms with Gasteiger partial charge in [-0.2, -0.15) is 0 Å². The molecule has 0 bridgehead atoms. The van der Waals surface area contributed by atoms with Gasteiger partial charge in [0.25, 0.3) is 10.0 Å². The Morgan fingerprint density at radius 2 is 1.71 bits per heavy atom. The normalized spacial score (nSPS) is 11.1. The maximum atomic E-state index is 13.1. The predicted molar refractivity (Wildman–Crippen MR) is 151 cm³/mol. The largest absolute Gasteiger partial charge is 0.497 e. The average Bonchev–Trinajstić information content (AvgIpc) is 2.94. The Balaban J connectivity index is 1.76. The molecule has 0 atom stereocenters. The van der Waals surface area contributed by atoms with Gasteiger partial charge in [0.05, 0.1) is 14.2 Å². The van der Waals surface area contributed by atoms with Gasteiger partial charge in [0.15, 0.2) is 10.9 Å². The summed E-state index contributed by atoms with van der Waals surface area (Å²) in [4.78, 5) is 12.5. The van der Waals surface area contributed by atoms with E-state index in [-0.39, 0.29) is 34.6 Å². The highest BCUT2D eigenvalue weighted by atomic mass is 32.2. The van der Waals surface area contributed by atoms with Crippen LogP contribution in [0.4, 0.5) is 0 Å². The number of carbonyl (C=O) groups is 1. The second-order valence-electron chi connectivity index (χ2n) is 8.15. The van der Waals surface area contributed by atoms with Crippen LogP contribution in [0.5, 0.6) is 17.2 Å². The third kappa shape index (κ3) is 8.06. The summed E-state index contributed by atoms with van der Waals surface area (Å²) in [5.41, 5.74) is 2.29. The van der Waals surface area contributed by atoms with Crippen LogP contribution in [0, 0.1) is 0 Å². The lowest BCUT2D eigenvalue weighted by molar-refractivity contribution is -0.114. The van der Waals surface area contributed by atoms with E-state index in [0.29, 0.717) is 23.5 Å². The second kappa shape index (κ2) is 13.6. The lowest BCUT2D eigenvalue weighted by atomic mass is 10.1. The van der Waals surface area contributed by atoms with Crippen LogP contribution < -0.4 is 24.2 Å². The average molecular weight is 555 g/mol. The standard InChI is InChI=1S/C28H30N2O6S2/c1-29-28(37)30-38(32,33)27-17-20(10-16-25(27)36-19-21-7-5-4-6-8-21)9-13-23(31)14-11-22-12-15-24(34-2)18-26(22)35-3/h4-8,10-12,14-18H,9,13,19H2,1-3H3,(H2,29,30,37)/b14-11+. The van der Waals surface area contributed by atoms with Crippen molar-refractivity contribution in [2.45, 2.75) is 24.3 Å². The van der Waals surface area contributed by atoms with Crippen LogP contribution in [-0.2, 0) is 27.8 Å². The van der Waals surface area contributed by atoms with Crippen molar-refractivity contribution < 1.29 is 27.4 Å². The van der Waals surface area contributed by atoms with E-state index >= 15 is 0 Å². The molecule has 0 saturated heterocycles. The highest BCUT2D eigenvalue weighted by Crippen LogP contribution is 2.28. The molecule has 0 aliphatic rings. The summed E-state index contributed by atoms with van der Waals surface area (Å²) in [6.07, 6.45) is 3.67. The minimum atomic E-state index is -4.03. The Labute approximate surface area is 228 Å². The summed E-state index contributed by atoms with van der Waals surface area (Å²) >= 11 is 5.00. The van der Waals surface area contributed by atoms with Crippen molar-refractivity contribution in [3.8, 4) is 17.2 Å². The molecule has 0 fully saturated rings. The molecule has 0 amide bonds. The number of allylic oxidation sites excluding steroid dienone is 1. The van der Waals surface area contributed by atoms with E-state index in [4.69, 9.17) is 26.4 Å². The number of sulfonamides is 1. The summed E-state index contributed by atoms with van der Waals surface area (Å²) in [5.74, 6) is 1.30. The van der Waals surface area contributed by atoms with Gasteiger partial charge in [-0.05, 0) is 66.2 Å². The van der Waals surface area contributed by atoms with E-state index in [1.54, 1.807) is 50.6 Å². The molecule has 0 radical (unpaired) electrons. The molecule has 3 aromatic carbocycles. The van der Waals surface area contributed by atoms with Crippen molar-refractivity contribution >= 4 is 39.2 Å². The summed E-state index contributed by atoms with van der Waals surface area (Å²) in [5, 5.41) is 2.55. The number of thiocarbonyl (C=S) groups is 1. The van der Waals surface area contributed by atoms with E-state index < -0.39 is 10.0 Å². The summed E-state index contributed by atoms with van der Waals surface area (Å²) in [7, 11) is 0.607. The van der Waals surface area contributed by atoms with Gasteiger partial charge in [0, 0.05) is 25.1 Å². The first-order chi connectivity index (χ1) is 18.2. The number of rotatable bonds is 12. The minimum absolute atomic E-state index is 0.0429. The maximum absolute atomic E-state index is 13.1. The smallest absolute Gasteiger partial charge is 0.267 e. The van der Waals surface area contributed by atoms with Crippen LogP contribution in [0.15, 0.2) is 77.7 Å². The van der Waals surface area contributed by atoms with E-state index in [2.05, 4.69) is 10.0 Å². The van der Waals surface area contributed by atoms with Gasteiger partial charge in [0.2, 0.25) is 0 Å². The molecule has 200 valence electrons. The number of methoxy groups -OCH3 is 2. The molecule has 0 spiro atoms. The van der Waals surface area contributed by atoms with Crippen LogP contribution in [-0.4, -0.2) is 40.6 Å². The Bertz CT molecular complexity index is 1410. The fourth-order valence-electron chi connectivity index (χ4n) is 3.49. The monoisotopic (exact) mass is 554 g/mol. The molecule has 0 aliphatic heterocycles. The number of hydrogen-bond donors (Lipinski definition) is 2. The zero-order valence-electron chi connectivity index (χ0n) is 21.4. The van der Waals surface area contributed by atoms with E-state index in [1.807, 2.05) is 30.3 Å². The molecule has 0 aromatic heterocycles. The SMILES string of the molecule is CNC(=S)NS(=O)(=O)c1cc(CCC(=O)/C=C/c2ccc(OC)cc2OC)ccc1OCc1ccccc1. The van der Waals surface area contributed by atoms with E-state index in [9.17, 15) is 13.2 Å². The van der Waals surface area contributed by atoms with Gasteiger partial charge >= 0.3 is 0 Å². The molecule has 2 N–H and O–H groups in total. The van der Waals surface area contributed by atoms with Crippen LogP contribution in [0.1, 0.15) is 23.1 Å². The number of carbonyl (C=O) groups excluding carboxylic acids is 1. The predicted octanol–water partition coefficient (Wildman–Crippen LogP) is 4.28. The number of ketones is 1. The summed E-state index contributed by atoms with van der Waals surface area (Å²) in [6, 6.07) is 19.6. The zero-order chi connectivity index (χ0) is 27.5. The number of aryl methyl sites for hydroxylation is 1. The molecule has 8 nitrogen and oxygen atoms in total. The van der Waals surface area contributed by atoms with E-state index in [1.165, 1.54) is 19.2 Å². The number of hydrogen-bond acceptors (Lipinski definition) is 7. The van der Waals surface area contributed by atoms with Crippen LogP contribution in [0.3, 0.4) is 0 Å². The molecular weight excluding hydrogens is 524 g/mol. The molecule has 38 heavy (non-hydrogen) atoms. The minimum Gasteiger partial charge on any atom is -0.497 e. The van der Waals surface area contributed by atoms with Crippen molar-refractivity contribution in [3.05, 3.63) is 89.5 Å². The molecule has 0 aliphatic carbocycles. The molecule has 3 aromatic rings. The topological polar surface area (TPSA) is 103 Å². The lowest BCUT2D eigenvalue weighted by Gasteiger charge is -2.15. The fourth-order valence-corrected chi connectivity index (χ4v) is 4.97. The van der Waals surface area contributed by atoms with Crippen molar-refractivity contribution in [2.75, 3.05) is 21.3 Å². The number of benzene rings is 3. The van der Waals surface area contributed by atoms with Crippen molar-refractivity contribution in [3.63, 3.8) is 0 Å².